The van der Waals surface area contributed by atoms with Gasteiger partial charge in [0.1, 0.15) is 0 Å². The van der Waals surface area contributed by atoms with Crippen molar-refractivity contribution in [1.82, 2.24) is 0 Å². The number of hydrogen-bond acceptors (Lipinski definition) is 3. The Morgan fingerprint density at radius 2 is 1.68 bits per heavy atom. The summed E-state index contributed by atoms with van der Waals surface area (Å²) in [5.74, 6) is 0.109. The molecule has 0 saturated carbocycles. The average Bonchev–Trinajstić information content (AvgIpc) is 2.53. The molecule has 4 nitrogen and oxygen atoms in total. The summed E-state index contributed by atoms with van der Waals surface area (Å²) in [5.41, 5.74) is 1.44. The third kappa shape index (κ3) is 3.59. The SMILES string of the molecule is COc1ccc(/C=C(\C(=O)O)c2ccc(Cl)cc2)cc1OC. The number of methoxy groups -OCH3 is 2. The molecule has 0 amide bonds. The molecule has 0 atom stereocenters. The van der Waals surface area contributed by atoms with E-state index in [9.17, 15) is 9.90 Å². The molecule has 0 aromatic heterocycles. The quantitative estimate of drug-likeness (QED) is 0.669. The fourth-order valence-corrected chi connectivity index (χ4v) is 2.13. The highest BCUT2D eigenvalue weighted by Crippen LogP contribution is 2.29. The predicted octanol–water partition coefficient (Wildman–Crippen LogP) is 3.98. The summed E-state index contributed by atoms with van der Waals surface area (Å²) >= 11 is 5.83. The number of rotatable bonds is 5. The molecule has 0 heterocycles. The van der Waals surface area contributed by atoms with Gasteiger partial charge in [-0.1, -0.05) is 29.8 Å². The largest absolute Gasteiger partial charge is 0.493 e. The minimum absolute atomic E-state index is 0.170. The van der Waals surface area contributed by atoms with Gasteiger partial charge in [0.15, 0.2) is 11.5 Å². The topological polar surface area (TPSA) is 55.8 Å². The minimum atomic E-state index is -1.02. The highest BCUT2D eigenvalue weighted by Gasteiger charge is 2.11. The Morgan fingerprint density at radius 3 is 2.23 bits per heavy atom. The number of carbonyl (C=O) groups is 1. The third-order valence-corrected chi connectivity index (χ3v) is 3.36. The molecule has 0 spiro atoms. The molecule has 2 rings (SSSR count). The lowest BCUT2D eigenvalue weighted by Gasteiger charge is -2.09. The second kappa shape index (κ2) is 7.00. The molecule has 0 saturated heterocycles. The number of ether oxygens (including phenoxy) is 2. The number of halogens is 1. The van der Waals surface area contributed by atoms with Gasteiger partial charge >= 0.3 is 5.97 Å². The number of aliphatic carboxylic acids is 1. The third-order valence-electron chi connectivity index (χ3n) is 3.10. The summed E-state index contributed by atoms with van der Waals surface area (Å²) in [4.78, 5) is 11.5. The van der Waals surface area contributed by atoms with Crippen LogP contribution in [0.1, 0.15) is 11.1 Å². The van der Waals surface area contributed by atoms with Gasteiger partial charge in [0.05, 0.1) is 19.8 Å². The van der Waals surface area contributed by atoms with Gasteiger partial charge in [0.2, 0.25) is 0 Å². The van der Waals surface area contributed by atoms with Gasteiger partial charge in [-0.3, -0.25) is 0 Å². The lowest BCUT2D eigenvalue weighted by atomic mass is 10.0. The summed E-state index contributed by atoms with van der Waals surface area (Å²) in [7, 11) is 3.08. The molecule has 2 aromatic carbocycles. The van der Waals surface area contributed by atoms with Crippen molar-refractivity contribution in [3.63, 3.8) is 0 Å². The maximum absolute atomic E-state index is 11.5. The van der Waals surface area contributed by atoms with Crippen molar-refractivity contribution in [3.8, 4) is 11.5 Å². The summed E-state index contributed by atoms with van der Waals surface area (Å²) in [6, 6.07) is 11.9. The molecule has 22 heavy (non-hydrogen) atoms. The van der Waals surface area contributed by atoms with Crippen LogP contribution in [-0.4, -0.2) is 25.3 Å². The summed E-state index contributed by atoms with van der Waals surface area (Å²) in [6.07, 6.45) is 1.58. The van der Waals surface area contributed by atoms with Gasteiger partial charge in [-0.15, -0.1) is 0 Å². The van der Waals surface area contributed by atoms with E-state index in [-0.39, 0.29) is 5.57 Å². The number of carboxylic acid groups (broad SMARTS) is 1. The molecular weight excluding hydrogens is 304 g/mol. The van der Waals surface area contributed by atoms with Crippen LogP contribution in [0.4, 0.5) is 0 Å². The first kappa shape index (κ1) is 15.9. The molecule has 0 aliphatic heterocycles. The zero-order valence-corrected chi connectivity index (χ0v) is 12.9. The van der Waals surface area contributed by atoms with Crippen molar-refractivity contribution < 1.29 is 19.4 Å². The Balaban J connectivity index is 2.46. The highest BCUT2D eigenvalue weighted by atomic mass is 35.5. The molecule has 114 valence electrons. The number of carboxylic acids is 1. The zero-order valence-electron chi connectivity index (χ0n) is 12.2. The fraction of sp³-hybridized carbons (Fsp3) is 0.118. The van der Waals surface area contributed by atoms with Crippen LogP contribution in [0.2, 0.25) is 5.02 Å². The molecule has 1 N–H and O–H groups in total. The van der Waals surface area contributed by atoms with E-state index in [4.69, 9.17) is 21.1 Å². The second-order valence-electron chi connectivity index (χ2n) is 4.48. The van der Waals surface area contributed by atoms with E-state index in [2.05, 4.69) is 0 Å². The van der Waals surface area contributed by atoms with E-state index in [0.29, 0.717) is 27.6 Å². The van der Waals surface area contributed by atoms with Crippen LogP contribution >= 0.6 is 11.6 Å². The van der Waals surface area contributed by atoms with Crippen molar-refractivity contribution in [2.24, 2.45) is 0 Å². The van der Waals surface area contributed by atoms with E-state index in [1.807, 2.05) is 0 Å². The van der Waals surface area contributed by atoms with Gasteiger partial charge in [-0.25, -0.2) is 4.79 Å². The number of benzene rings is 2. The Morgan fingerprint density at radius 1 is 1.05 bits per heavy atom. The van der Waals surface area contributed by atoms with E-state index < -0.39 is 5.97 Å². The van der Waals surface area contributed by atoms with Crippen molar-refractivity contribution in [2.75, 3.05) is 14.2 Å². The van der Waals surface area contributed by atoms with Gasteiger partial charge in [0.25, 0.3) is 0 Å². The molecule has 0 aliphatic rings. The van der Waals surface area contributed by atoms with Crippen LogP contribution in [0.5, 0.6) is 11.5 Å². The molecule has 0 unspecified atom stereocenters. The smallest absolute Gasteiger partial charge is 0.336 e. The Kier molecular flexibility index (Phi) is 5.07. The van der Waals surface area contributed by atoms with E-state index in [1.54, 1.807) is 55.7 Å². The average molecular weight is 319 g/mol. The van der Waals surface area contributed by atoms with Gasteiger partial charge in [-0.2, -0.15) is 0 Å². The second-order valence-corrected chi connectivity index (χ2v) is 4.92. The highest BCUT2D eigenvalue weighted by molar-refractivity contribution is 6.30. The van der Waals surface area contributed by atoms with Crippen LogP contribution in [0.3, 0.4) is 0 Å². The number of hydrogen-bond donors (Lipinski definition) is 1. The summed E-state index contributed by atoms with van der Waals surface area (Å²) in [5, 5.41) is 9.98. The Labute approximate surface area is 133 Å². The van der Waals surface area contributed by atoms with Crippen LogP contribution in [-0.2, 0) is 4.79 Å². The van der Waals surface area contributed by atoms with Crippen LogP contribution in [0.15, 0.2) is 42.5 Å². The summed E-state index contributed by atoms with van der Waals surface area (Å²) < 4.78 is 10.4. The maximum Gasteiger partial charge on any atom is 0.336 e. The first-order chi connectivity index (χ1) is 10.5. The maximum atomic E-state index is 11.5. The molecule has 0 aliphatic carbocycles. The fourth-order valence-electron chi connectivity index (χ4n) is 2.01. The van der Waals surface area contributed by atoms with Gasteiger partial charge in [-0.05, 0) is 41.5 Å². The van der Waals surface area contributed by atoms with E-state index in [0.717, 1.165) is 0 Å². The predicted molar refractivity (Wildman–Crippen MR) is 86.5 cm³/mol. The normalized spacial score (nSPS) is 11.1. The van der Waals surface area contributed by atoms with E-state index in [1.165, 1.54) is 7.11 Å². The standard InChI is InChI=1S/C17H15ClO4/c1-21-15-8-3-11(10-16(15)22-2)9-14(17(19)20)12-4-6-13(18)7-5-12/h3-10H,1-2H3,(H,19,20)/b14-9-. The molecule has 2 aromatic rings. The Hall–Kier alpha value is -2.46. The molecule has 0 fully saturated rings. The lowest BCUT2D eigenvalue weighted by Crippen LogP contribution is -1.99. The van der Waals surface area contributed by atoms with Gasteiger partial charge in [0, 0.05) is 5.02 Å². The molecule has 0 bridgehead atoms. The van der Waals surface area contributed by atoms with Crippen molar-refractivity contribution >= 4 is 29.2 Å². The lowest BCUT2D eigenvalue weighted by molar-refractivity contribution is -0.130. The van der Waals surface area contributed by atoms with Crippen LogP contribution < -0.4 is 9.47 Å². The van der Waals surface area contributed by atoms with Crippen LogP contribution in [0.25, 0.3) is 11.6 Å². The summed E-state index contributed by atoms with van der Waals surface area (Å²) in [6.45, 7) is 0. The first-order valence-electron chi connectivity index (χ1n) is 6.48. The van der Waals surface area contributed by atoms with Crippen molar-refractivity contribution in [1.29, 1.82) is 0 Å². The minimum Gasteiger partial charge on any atom is -0.493 e. The molecular formula is C17H15ClO4. The Bertz CT molecular complexity index is 705. The monoisotopic (exact) mass is 318 g/mol. The molecule has 0 radical (unpaired) electrons. The first-order valence-corrected chi connectivity index (χ1v) is 6.86. The van der Waals surface area contributed by atoms with Gasteiger partial charge < -0.3 is 14.6 Å². The van der Waals surface area contributed by atoms with Crippen molar-refractivity contribution in [2.45, 2.75) is 0 Å². The molecule has 5 heteroatoms. The zero-order chi connectivity index (χ0) is 16.1. The van der Waals surface area contributed by atoms with Crippen LogP contribution in [0, 0.1) is 0 Å². The van der Waals surface area contributed by atoms with Crippen molar-refractivity contribution in [3.05, 3.63) is 58.6 Å². The van der Waals surface area contributed by atoms with E-state index >= 15 is 0 Å².